The molecule has 20 heavy (non-hydrogen) atoms. The topological polar surface area (TPSA) is 24.5 Å². The lowest BCUT2D eigenvalue weighted by molar-refractivity contribution is 0.102. The zero-order valence-electron chi connectivity index (χ0n) is 13.2. The quantitative estimate of drug-likeness (QED) is 0.895. The van der Waals surface area contributed by atoms with Crippen LogP contribution in [-0.4, -0.2) is 37.2 Å². The molecule has 0 aromatic heterocycles. The van der Waals surface area contributed by atoms with Crippen molar-refractivity contribution in [3.63, 3.8) is 0 Å². The average molecular weight is 276 g/mol. The summed E-state index contributed by atoms with van der Waals surface area (Å²) in [7, 11) is 1.75. The fraction of sp³-hybridized carbons (Fsp3) is 0.647. The Hall–Kier alpha value is -1.06. The largest absolute Gasteiger partial charge is 0.496 e. The first-order valence-electron chi connectivity index (χ1n) is 7.75. The number of hydrogen-bond acceptors (Lipinski definition) is 3. The van der Waals surface area contributed by atoms with Crippen LogP contribution in [0.5, 0.6) is 5.75 Å². The minimum absolute atomic E-state index is 0.590. The van der Waals surface area contributed by atoms with E-state index in [0.717, 1.165) is 25.4 Å². The second kappa shape index (κ2) is 7.09. The molecule has 112 valence electrons. The molecule has 1 aliphatic heterocycles. The summed E-state index contributed by atoms with van der Waals surface area (Å²) in [6.07, 6.45) is 1.19. The van der Waals surface area contributed by atoms with Crippen molar-refractivity contribution in [2.24, 2.45) is 5.92 Å². The number of benzene rings is 1. The Labute approximate surface area is 123 Å². The van der Waals surface area contributed by atoms with Crippen molar-refractivity contribution in [3.05, 3.63) is 29.8 Å². The van der Waals surface area contributed by atoms with Crippen molar-refractivity contribution in [1.29, 1.82) is 0 Å². The molecule has 0 aliphatic carbocycles. The van der Waals surface area contributed by atoms with E-state index in [1.807, 2.05) is 6.07 Å². The standard InChI is InChI=1S/C17H28N2O/c1-5-15-10-18-16(13(2)3)12-19(15)11-14-8-6-7-9-17(14)20-4/h6-9,13,15-16,18H,5,10-12H2,1-4H3. The molecule has 0 amide bonds. The van der Waals surface area contributed by atoms with Gasteiger partial charge in [-0.15, -0.1) is 0 Å². The molecule has 1 aromatic carbocycles. The van der Waals surface area contributed by atoms with Gasteiger partial charge in [0.25, 0.3) is 0 Å². The Morgan fingerprint density at radius 1 is 1.35 bits per heavy atom. The van der Waals surface area contributed by atoms with Gasteiger partial charge in [-0.05, 0) is 18.4 Å². The molecule has 2 rings (SSSR count). The third kappa shape index (κ3) is 3.53. The van der Waals surface area contributed by atoms with E-state index in [1.54, 1.807) is 7.11 Å². The highest BCUT2D eigenvalue weighted by atomic mass is 16.5. The molecule has 1 fully saturated rings. The molecule has 2 atom stereocenters. The molecule has 3 heteroatoms. The summed E-state index contributed by atoms with van der Waals surface area (Å²) >= 11 is 0. The van der Waals surface area contributed by atoms with E-state index in [1.165, 1.54) is 12.0 Å². The Morgan fingerprint density at radius 2 is 2.10 bits per heavy atom. The molecule has 2 unspecified atom stereocenters. The molecule has 1 aliphatic rings. The average Bonchev–Trinajstić information content (AvgIpc) is 2.47. The Kier molecular flexibility index (Phi) is 5.44. The molecule has 1 aromatic rings. The van der Waals surface area contributed by atoms with Crippen LogP contribution in [0.3, 0.4) is 0 Å². The normalized spacial score (nSPS) is 24.1. The number of rotatable bonds is 5. The molecule has 0 bridgehead atoms. The zero-order valence-corrected chi connectivity index (χ0v) is 13.2. The zero-order chi connectivity index (χ0) is 14.5. The molecule has 1 N–H and O–H groups in total. The molecular formula is C17H28N2O. The van der Waals surface area contributed by atoms with Crippen molar-refractivity contribution in [2.45, 2.75) is 45.8 Å². The van der Waals surface area contributed by atoms with Gasteiger partial charge >= 0.3 is 0 Å². The fourth-order valence-electron chi connectivity index (χ4n) is 2.98. The highest BCUT2D eigenvalue weighted by Crippen LogP contribution is 2.23. The van der Waals surface area contributed by atoms with Crippen LogP contribution in [0, 0.1) is 5.92 Å². The van der Waals surface area contributed by atoms with E-state index in [9.17, 15) is 0 Å². The number of ether oxygens (including phenoxy) is 1. The minimum atomic E-state index is 0.590. The van der Waals surface area contributed by atoms with Crippen molar-refractivity contribution in [3.8, 4) is 5.75 Å². The van der Waals surface area contributed by atoms with E-state index in [0.29, 0.717) is 18.0 Å². The molecule has 0 radical (unpaired) electrons. The summed E-state index contributed by atoms with van der Waals surface area (Å²) in [4.78, 5) is 2.61. The van der Waals surface area contributed by atoms with Gasteiger partial charge in [-0.25, -0.2) is 0 Å². The highest BCUT2D eigenvalue weighted by Gasteiger charge is 2.28. The maximum Gasteiger partial charge on any atom is 0.123 e. The first kappa shape index (κ1) is 15.3. The summed E-state index contributed by atoms with van der Waals surface area (Å²) in [5.41, 5.74) is 1.29. The van der Waals surface area contributed by atoms with Gasteiger partial charge in [-0.2, -0.15) is 0 Å². The van der Waals surface area contributed by atoms with Crippen LogP contribution in [0.25, 0.3) is 0 Å². The first-order chi connectivity index (χ1) is 9.65. The van der Waals surface area contributed by atoms with Crippen LogP contribution in [0.15, 0.2) is 24.3 Å². The van der Waals surface area contributed by atoms with Crippen molar-refractivity contribution in [2.75, 3.05) is 20.2 Å². The Balaban J connectivity index is 2.11. The Morgan fingerprint density at radius 3 is 2.75 bits per heavy atom. The van der Waals surface area contributed by atoms with Gasteiger partial charge in [0.2, 0.25) is 0 Å². The van der Waals surface area contributed by atoms with Crippen LogP contribution in [0.1, 0.15) is 32.8 Å². The summed E-state index contributed by atoms with van der Waals surface area (Å²) in [5.74, 6) is 1.68. The van der Waals surface area contributed by atoms with E-state index < -0.39 is 0 Å². The highest BCUT2D eigenvalue weighted by molar-refractivity contribution is 5.33. The smallest absolute Gasteiger partial charge is 0.123 e. The third-order valence-corrected chi connectivity index (χ3v) is 4.41. The maximum absolute atomic E-state index is 5.49. The maximum atomic E-state index is 5.49. The van der Waals surface area contributed by atoms with Gasteiger partial charge in [0.05, 0.1) is 7.11 Å². The predicted octanol–water partition coefficient (Wildman–Crippen LogP) is 2.90. The van der Waals surface area contributed by atoms with Crippen LogP contribution in [-0.2, 0) is 6.54 Å². The first-order valence-corrected chi connectivity index (χ1v) is 7.75. The molecule has 0 saturated carbocycles. The molecule has 0 spiro atoms. The third-order valence-electron chi connectivity index (χ3n) is 4.41. The van der Waals surface area contributed by atoms with E-state index in [2.05, 4.69) is 49.2 Å². The fourth-order valence-corrected chi connectivity index (χ4v) is 2.98. The van der Waals surface area contributed by atoms with Crippen LogP contribution >= 0.6 is 0 Å². The molecular weight excluding hydrogens is 248 g/mol. The van der Waals surface area contributed by atoms with E-state index >= 15 is 0 Å². The molecule has 1 heterocycles. The van der Waals surface area contributed by atoms with Crippen molar-refractivity contribution in [1.82, 2.24) is 10.2 Å². The van der Waals surface area contributed by atoms with Gasteiger partial charge in [-0.3, -0.25) is 4.90 Å². The predicted molar refractivity (Wildman–Crippen MR) is 84.1 cm³/mol. The van der Waals surface area contributed by atoms with Gasteiger partial charge in [0.1, 0.15) is 5.75 Å². The number of nitrogens with one attached hydrogen (secondary N) is 1. The van der Waals surface area contributed by atoms with Crippen LogP contribution in [0.4, 0.5) is 0 Å². The van der Waals surface area contributed by atoms with Crippen LogP contribution in [0.2, 0.25) is 0 Å². The van der Waals surface area contributed by atoms with Crippen LogP contribution < -0.4 is 10.1 Å². The molecule has 1 saturated heterocycles. The lowest BCUT2D eigenvalue weighted by Gasteiger charge is -2.41. The van der Waals surface area contributed by atoms with E-state index in [-0.39, 0.29) is 0 Å². The Bertz CT molecular complexity index is 419. The lowest BCUT2D eigenvalue weighted by atomic mass is 9.97. The molecule has 3 nitrogen and oxygen atoms in total. The number of piperazine rings is 1. The number of para-hydroxylation sites is 1. The summed E-state index contributed by atoms with van der Waals surface area (Å²) in [6, 6.07) is 9.58. The van der Waals surface area contributed by atoms with Crippen molar-refractivity contribution < 1.29 is 4.74 Å². The number of methoxy groups -OCH3 is 1. The number of nitrogens with zero attached hydrogens (tertiary/aromatic N) is 1. The summed E-state index contributed by atoms with van der Waals surface area (Å²) < 4.78 is 5.49. The minimum Gasteiger partial charge on any atom is -0.496 e. The van der Waals surface area contributed by atoms with Gasteiger partial charge in [0, 0.05) is 37.3 Å². The van der Waals surface area contributed by atoms with E-state index in [4.69, 9.17) is 4.74 Å². The van der Waals surface area contributed by atoms with Gasteiger partial charge in [0.15, 0.2) is 0 Å². The second-order valence-electron chi connectivity index (χ2n) is 6.06. The lowest BCUT2D eigenvalue weighted by Crippen LogP contribution is -2.57. The van der Waals surface area contributed by atoms with Crippen molar-refractivity contribution >= 4 is 0 Å². The second-order valence-corrected chi connectivity index (χ2v) is 6.06. The van der Waals surface area contributed by atoms with Gasteiger partial charge in [-0.1, -0.05) is 39.0 Å². The van der Waals surface area contributed by atoms with Gasteiger partial charge < -0.3 is 10.1 Å². The monoisotopic (exact) mass is 276 g/mol. The SMILES string of the molecule is CCC1CNC(C(C)C)CN1Cc1ccccc1OC. The summed E-state index contributed by atoms with van der Waals surface area (Å²) in [5, 5.41) is 3.69. The summed E-state index contributed by atoms with van der Waals surface area (Å²) in [6.45, 7) is 10.1. The number of hydrogen-bond donors (Lipinski definition) is 1.